The fourth-order valence-electron chi connectivity index (χ4n) is 2.24. The largest absolute Gasteiger partial charge is 0.493 e. The van der Waals surface area contributed by atoms with Crippen molar-refractivity contribution in [3.05, 3.63) is 45.7 Å². The Morgan fingerprint density at radius 2 is 2.05 bits per heavy atom. The molecule has 0 aliphatic carbocycles. The Morgan fingerprint density at radius 3 is 2.67 bits per heavy atom. The number of aryl methyl sites for hydroxylation is 2. The number of ketones is 1. The summed E-state index contributed by atoms with van der Waals surface area (Å²) in [5, 5.41) is 4.42. The van der Waals surface area contributed by atoms with E-state index in [-0.39, 0.29) is 5.78 Å². The van der Waals surface area contributed by atoms with Gasteiger partial charge in [-0.1, -0.05) is 19.1 Å². The lowest BCUT2D eigenvalue weighted by atomic mass is 10.1. The maximum atomic E-state index is 12.6. The van der Waals surface area contributed by atoms with Crippen molar-refractivity contribution in [1.29, 1.82) is 0 Å². The molecule has 2 aromatic rings. The van der Waals surface area contributed by atoms with Gasteiger partial charge in [-0.05, 0) is 41.4 Å². The third kappa shape index (κ3) is 3.35. The van der Waals surface area contributed by atoms with Gasteiger partial charge in [0.1, 0.15) is 5.75 Å². The van der Waals surface area contributed by atoms with E-state index in [0.29, 0.717) is 24.3 Å². The molecule has 0 N–H and O–H groups in total. The zero-order valence-corrected chi connectivity index (χ0v) is 14.1. The molecule has 0 aliphatic heterocycles. The van der Waals surface area contributed by atoms with Crippen LogP contribution in [0.1, 0.15) is 35.6 Å². The average Bonchev–Trinajstić information content (AvgIpc) is 2.75. The molecule has 1 aromatic heterocycles. The van der Waals surface area contributed by atoms with Gasteiger partial charge < -0.3 is 4.74 Å². The van der Waals surface area contributed by atoms with E-state index in [9.17, 15) is 4.79 Å². The van der Waals surface area contributed by atoms with E-state index in [1.54, 1.807) is 10.7 Å². The minimum atomic E-state index is 0.0328. The van der Waals surface area contributed by atoms with Crippen LogP contribution in [-0.4, -0.2) is 22.2 Å². The van der Waals surface area contributed by atoms with E-state index in [1.807, 2.05) is 39.1 Å². The van der Waals surface area contributed by atoms with Crippen LogP contribution >= 0.6 is 15.9 Å². The number of benzene rings is 1. The predicted molar refractivity (Wildman–Crippen MR) is 85.9 cm³/mol. The highest BCUT2D eigenvalue weighted by atomic mass is 79.9. The van der Waals surface area contributed by atoms with E-state index in [2.05, 4.69) is 21.0 Å². The number of para-hydroxylation sites is 1. The SMILES string of the molecule is CCOc1ccccc1C(=O)Cc1c(Br)c(CC)nn1C. The number of halogens is 1. The molecule has 0 fully saturated rings. The van der Waals surface area contributed by atoms with Crippen LogP contribution in [0.2, 0.25) is 0 Å². The maximum absolute atomic E-state index is 12.6. The number of Topliss-reactive ketones (excluding diaryl/α,β-unsaturated/α-hetero) is 1. The van der Waals surface area contributed by atoms with Crippen LogP contribution < -0.4 is 4.74 Å². The van der Waals surface area contributed by atoms with Gasteiger partial charge in [0.25, 0.3) is 0 Å². The van der Waals surface area contributed by atoms with Crippen molar-refractivity contribution >= 4 is 21.7 Å². The molecule has 0 radical (unpaired) electrons. The molecule has 2 rings (SSSR count). The highest BCUT2D eigenvalue weighted by Crippen LogP contribution is 2.25. The highest BCUT2D eigenvalue weighted by molar-refractivity contribution is 9.10. The summed E-state index contributed by atoms with van der Waals surface area (Å²) in [5.74, 6) is 0.671. The first-order valence-corrected chi connectivity index (χ1v) is 7.83. The second-order valence-corrected chi connectivity index (χ2v) is 5.51. The molecule has 112 valence electrons. The standard InChI is InChI=1S/C16H19BrN2O2/c1-4-12-16(17)13(19(3)18-12)10-14(20)11-8-6-7-9-15(11)21-5-2/h6-9H,4-5,10H2,1-3H3. The molecular weight excluding hydrogens is 332 g/mol. The quantitative estimate of drug-likeness (QED) is 0.748. The van der Waals surface area contributed by atoms with Gasteiger partial charge in [-0.2, -0.15) is 5.10 Å². The Kier molecular flexibility index (Phi) is 5.17. The molecule has 0 amide bonds. The lowest BCUT2D eigenvalue weighted by molar-refractivity contribution is 0.0987. The van der Waals surface area contributed by atoms with Crippen LogP contribution in [0.3, 0.4) is 0 Å². The van der Waals surface area contributed by atoms with E-state index in [1.165, 1.54) is 0 Å². The van der Waals surface area contributed by atoms with Crippen LogP contribution in [0.5, 0.6) is 5.75 Å². The smallest absolute Gasteiger partial charge is 0.172 e. The molecule has 5 heteroatoms. The summed E-state index contributed by atoms with van der Waals surface area (Å²) in [6.07, 6.45) is 1.13. The summed E-state index contributed by atoms with van der Waals surface area (Å²) in [6, 6.07) is 7.35. The van der Waals surface area contributed by atoms with Gasteiger partial charge in [0.05, 0.1) is 34.5 Å². The summed E-state index contributed by atoms with van der Waals surface area (Å²) in [5.41, 5.74) is 2.48. The van der Waals surface area contributed by atoms with Gasteiger partial charge in [0.2, 0.25) is 0 Å². The van der Waals surface area contributed by atoms with Crippen LogP contribution in [-0.2, 0) is 19.9 Å². The number of ether oxygens (including phenoxy) is 1. The average molecular weight is 351 g/mol. The lowest BCUT2D eigenvalue weighted by Gasteiger charge is -2.09. The number of hydrogen-bond acceptors (Lipinski definition) is 3. The van der Waals surface area contributed by atoms with Crippen molar-refractivity contribution < 1.29 is 9.53 Å². The first-order valence-electron chi connectivity index (χ1n) is 7.03. The van der Waals surface area contributed by atoms with Crippen LogP contribution in [0.15, 0.2) is 28.7 Å². The molecular formula is C16H19BrN2O2. The van der Waals surface area contributed by atoms with Crippen LogP contribution in [0, 0.1) is 0 Å². The Bertz CT molecular complexity index is 650. The number of carbonyl (C=O) groups excluding carboxylic acids is 1. The predicted octanol–water partition coefficient (Wildman–Crippen LogP) is 3.57. The van der Waals surface area contributed by atoms with Gasteiger partial charge >= 0.3 is 0 Å². The van der Waals surface area contributed by atoms with Crippen molar-refractivity contribution in [1.82, 2.24) is 9.78 Å². The maximum Gasteiger partial charge on any atom is 0.172 e. The minimum absolute atomic E-state index is 0.0328. The van der Waals surface area contributed by atoms with Crippen molar-refractivity contribution in [3.8, 4) is 5.75 Å². The molecule has 0 spiro atoms. The molecule has 1 aromatic carbocycles. The number of carbonyl (C=O) groups is 1. The first kappa shape index (κ1) is 15.8. The van der Waals surface area contributed by atoms with E-state index in [0.717, 1.165) is 22.3 Å². The van der Waals surface area contributed by atoms with Gasteiger partial charge in [-0.25, -0.2) is 0 Å². The Balaban J connectivity index is 2.28. The van der Waals surface area contributed by atoms with Gasteiger partial charge in [0.15, 0.2) is 5.78 Å². The topological polar surface area (TPSA) is 44.1 Å². The Morgan fingerprint density at radius 1 is 1.33 bits per heavy atom. The fraction of sp³-hybridized carbons (Fsp3) is 0.375. The summed E-state index contributed by atoms with van der Waals surface area (Å²) in [6.45, 7) is 4.50. The number of nitrogens with zero attached hydrogens (tertiary/aromatic N) is 2. The van der Waals surface area contributed by atoms with E-state index < -0.39 is 0 Å². The third-order valence-corrected chi connectivity index (χ3v) is 4.23. The zero-order valence-electron chi connectivity index (χ0n) is 12.5. The molecule has 0 unspecified atom stereocenters. The van der Waals surface area contributed by atoms with E-state index >= 15 is 0 Å². The molecule has 0 atom stereocenters. The van der Waals surface area contributed by atoms with Crippen molar-refractivity contribution in [3.63, 3.8) is 0 Å². The Hall–Kier alpha value is -1.62. The normalized spacial score (nSPS) is 10.7. The highest BCUT2D eigenvalue weighted by Gasteiger charge is 2.19. The van der Waals surface area contributed by atoms with Gasteiger partial charge in [0, 0.05) is 7.05 Å². The number of rotatable bonds is 6. The monoisotopic (exact) mass is 350 g/mol. The van der Waals surface area contributed by atoms with Crippen molar-refractivity contribution in [2.75, 3.05) is 6.61 Å². The summed E-state index contributed by atoms with van der Waals surface area (Å²) in [7, 11) is 1.86. The molecule has 0 saturated carbocycles. The molecule has 0 aliphatic rings. The number of hydrogen-bond donors (Lipinski definition) is 0. The molecule has 4 nitrogen and oxygen atoms in total. The molecule has 1 heterocycles. The fourth-order valence-corrected chi connectivity index (χ4v) is 2.99. The molecule has 0 saturated heterocycles. The summed E-state index contributed by atoms with van der Waals surface area (Å²) < 4.78 is 8.22. The van der Waals surface area contributed by atoms with Gasteiger partial charge in [-0.15, -0.1) is 0 Å². The van der Waals surface area contributed by atoms with Crippen LogP contribution in [0.25, 0.3) is 0 Å². The summed E-state index contributed by atoms with van der Waals surface area (Å²) in [4.78, 5) is 12.6. The van der Waals surface area contributed by atoms with Crippen molar-refractivity contribution in [2.45, 2.75) is 26.7 Å². The second-order valence-electron chi connectivity index (χ2n) is 4.71. The van der Waals surface area contributed by atoms with Gasteiger partial charge in [-0.3, -0.25) is 9.48 Å². The summed E-state index contributed by atoms with van der Waals surface area (Å²) >= 11 is 3.55. The molecule has 21 heavy (non-hydrogen) atoms. The first-order chi connectivity index (χ1) is 10.1. The third-order valence-electron chi connectivity index (χ3n) is 3.32. The van der Waals surface area contributed by atoms with Crippen LogP contribution in [0.4, 0.5) is 0 Å². The second kappa shape index (κ2) is 6.89. The van der Waals surface area contributed by atoms with Crippen molar-refractivity contribution in [2.24, 2.45) is 7.05 Å². The van der Waals surface area contributed by atoms with E-state index in [4.69, 9.17) is 4.74 Å². The number of aromatic nitrogens is 2. The Labute approximate surface area is 133 Å². The zero-order chi connectivity index (χ0) is 15.4. The minimum Gasteiger partial charge on any atom is -0.493 e. The molecule has 0 bridgehead atoms. The lowest BCUT2D eigenvalue weighted by Crippen LogP contribution is -2.10.